The molecule has 3 aromatic rings. The summed E-state index contributed by atoms with van der Waals surface area (Å²) in [5.74, 6) is 0. The summed E-state index contributed by atoms with van der Waals surface area (Å²) in [6.45, 7) is 0. The molecule has 1 heterocycles. The molecule has 0 fully saturated rings. The van der Waals surface area contributed by atoms with Gasteiger partial charge in [0.15, 0.2) is 6.29 Å². The van der Waals surface area contributed by atoms with E-state index in [2.05, 4.69) is 23.3 Å². The minimum Gasteiger partial charge on any atom is -0.298 e. The zero-order valence-corrected chi connectivity index (χ0v) is 10.00. The third kappa shape index (κ3) is 1.70. The first kappa shape index (κ1) is 10.7. The molecule has 0 bridgehead atoms. The smallest absolute Gasteiger partial charge is 0.153 e. The molecule has 0 saturated heterocycles. The van der Waals surface area contributed by atoms with Gasteiger partial charge in [-0.25, -0.2) is 0 Å². The van der Waals surface area contributed by atoms with Crippen LogP contribution in [-0.4, -0.2) is 16.1 Å². The Hall–Kier alpha value is -2.42. The summed E-state index contributed by atoms with van der Waals surface area (Å²) >= 11 is 0. The van der Waals surface area contributed by atoms with Crippen LogP contribution in [0, 0.1) is 0 Å². The molecule has 3 nitrogen and oxygen atoms in total. The Bertz CT molecular complexity index is 728. The van der Waals surface area contributed by atoms with E-state index in [0.717, 1.165) is 22.9 Å². The van der Waals surface area contributed by atoms with Crippen molar-refractivity contribution in [2.45, 2.75) is 0 Å². The second-order valence-electron chi connectivity index (χ2n) is 4.29. The molecule has 0 amide bonds. The minimum absolute atomic E-state index is 0.618. The summed E-state index contributed by atoms with van der Waals surface area (Å²) in [6.07, 6.45) is 2.58. The molecule has 0 N–H and O–H groups in total. The number of aromatic nitrogens is 2. The predicted octanol–water partition coefficient (Wildman–Crippen LogP) is 3.05. The molecular formula is C15H12N2O. The third-order valence-electron chi connectivity index (χ3n) is 3.01. The quantitative estimate of drug-likeness (QED) is 0.641. The van der Waals surface area contributed by atoms with Crippen molar-refractivity contribution in [2.24, 2.45) is 7.05 Å². The van der Waals surface area contributed by atoms with E-state index in [1.54, 1.807) is 10.9 Å². The van der Waals surface area contributed by atoms with Gasteiger partial charge in [-0.1, -0.05) is 36.4 Å². The molecule has 1 aromatic heterocycles. The zero-order valence-electron chi connectivity index (χ0n) is 10.00. The lowest BCUT2D eigenvalue weighted by Gasteiger charge is -2.01. The molecule has 3 rings (SSSR count). The van der Waals surface area contributed by atoms with Crippen molar-refractivity contribution in [2.75, 3.05) is 0 Å². The van der Waals surface area contributed by atoms with E-state index < -0.39 is 0 Å². The van der Waals surface area contributed by atoms with E-state index >= 15 is 0 Å². The van der Waals surface area contributed by atoms with Crippen molar-refractivity contribution < 1.29 is 4.79 Å². The van der Waals surface area contributed by atoms with Crippen molar-refractivity contribution in [1.29, 1.82) is 0 Å². The fraction of sp³-hybridized carbons (Fsp3) is 0.0667. The number of aldehydes is 1. The first-order valence-corrected chi connectivity index (χ1v) is 5.76. The number of aryl methyl sites for hydroxylation is 1. The van der Waals surface area contributed by atoms with Crippen LogP contribution in [0.2, 0.25) is 0 Å². The number of carbonyl (C=O) groups excluding carboxylic acids is 1. The van der Waals surface area contributed by atoms with Gasteiger partial charge in [0.1, 0.15) is 5.69 Å². The second kappa shape index (κ2) is 4.11. The highest BCUT2D eigenvalue weighted by atomic mass is 16.1. The minimum atomic E-state index is 0.618. The maximum Gasteiger partial charge on any atom is 0.153 e. The molecule has 0 spiro atoms. The van der Waals surface area contributed by atoms with Crippen LogP contribution in [0.1, 0.15) is 10.4 Å². The summed E-state index contributed by atoms with van der Waals surface area (Å²) in [5, 5.41) is 6.68. The Labute approximate surface area is 105 Å². The zero-order chi connectivity index (χ0) is 12.5. The molecule has 88 valence electrons. The first-order valence-electron chi connectivity index (χ1n) is 5.76. The predicted molar refractivity (Wildman–Crippen MR) is 71.5 cm³/mol. The van der Waals surface area contributed by atoms with Crippen LogP contribution in [-0.2, 0) is 7.05 Å². The number of hydrogen-bond donors (Lipinski definition) is 0. The second-order valence-corrected chi connectivity index (χ2v) is 4.29. The van der Waals surface area contributed by atoms with Gasteiger partial charge < -0.3 is 0 Å². The summed E-state index contributed by atoms with van der Waals surface area (Å²) in [5.41, 5.74) is 2.32. The molecule has 0 atom stereocenters. The van der Waals surface area contributed by atoms with Crippen LogP contribution in [0.4, 0.5) is 0 Å². The Morgan fingerprint density at radius 1 is 1.11 bits per heavy atom. The Balaban J connectivity index is 2.21. The highest BCUT2D eigenvalue weighted by Crippen LogP contribution is 2.25. The maximum absolute atomic E-state index is 11.0. The summed E-state index contributed by atoms with van der Waals surface area (Å²) < 4.78 is 1.66. The molecule has 3 heteroatoms. The number of benzene rings is 2. The standard InChI is InChI=1S/C15H12N2O/c1-17-9-14(10-18)15(16-17)13-7-6-11-4-2-3-5-12(11)8-13/h2-10H,1H3. The Morgan fingerprint density at radius 2 is 1.89 bits per heavy atom. The van der Waals surface area contributed by atoms with E-state index in [-0.39, 0.29) is 0 Å². The number of nitrogens with zero attached hydrogens (tertiary/aromatic N) is 2. The first-order chi connectivity index (χ1) is 8.78. The van der Waals surface area contributed by atoms with E-state index in [4.69, 9.17) is 0 Å². The van der Waals surface area contributed by atoms with Crippen LogP contribution < -0.4 is 0 Å². The Morgan fingerprint density at radius 3 is 2.67 bits per heavy atom. The van der Waals surface area contributed by atoms with Crippen molar-refractivity contribution >= 4 is 17.1 Å². The Kier molecular flexibility index (Phi) is 2.45. The number of hydrogen-bond acceptors (Lipinski definition) is 2. The molecule has 2 aromatic carbocycles. The average molecular weight is 236 g/mol. The normalized spacial score (nSPS) is 10.7. The van der Waals surface area contributed by atoms with Gasteiger partial charge in [-0.05, 0) is 16.8 Å². The number of rotatable bonds is 2. The number of fused-ring (bicyclic) bond motifs is 1. The lowest BCUT2D eigenvalue weighted by Crippen LogP contribution is -1.88. The fourth-order valence-electron chi connectivity index (χ4n) is 2.15. The van der Waals surface area contributed by atoms with E-state index in [9.17, 15) is 4.79 Å². The third-order valence-corrected chi connectivity index (χ3v) is 3.01. The molecule has 18 heavy (non-hydrogen) atoms. The molecule has 0 saturated carbocycles. The van der Waals surface area contributed by atoms with Crippen LogP contribution in [0.3, 0.4) is 0 Å². The van der Waals surface area contributed by atoms with E-state index in [1.165, 1.54) is 5.39 Å². The molecule has 0 aliphatic carbocycles. The van der Waals surface area contributed by atoms with Crippen molar-refractivity contribution in [3.8, 4) is 11.3 Å². The topological polar surface area (TPSA) is 34.9 Å². The van der Waals surface area contributed by atoms with Gasteiger partial charge in [0.2, 0.25) is 0 Å². The molecule has 0 aliphatic rings. The van der Waals surface area contributed by atoms with Crippen LogP contribution >= 0.6 is 0 Å². The SMILES string of the molecule is Cn1cc(C=O)c(-c2ccc3ccccc3c2)n1. The summed E-state index contributed by atoms with van der Waals surface area (Å²) in [4.78, 5) is 11.0. The van der Waals surface area contributed by atoms with Crippen LogP contribution in [0.15, 0.2) is 48.7 Å². The fourth-order valence-corrected chi connectivity index (χ4v) is 2.15. The molecular weight excluding hydrogens is 224 g/mol. The van der Waals surface area contributed by atoms with Gasteiger partial charge in [0.05, 0.1) is 5.56 Å². The largest absolute Gasteiger partial charge is 0.298 e. The van der Waals surface area contributed by atoms with Crippen LogP contribution in [0.25, 0.3) is 22.0 Å². The van der Waals surface area contributed by atoms with Gasteiger partial charge in [-0.3, -0.25) is 9.48 Å². The summed E-state index contributed by atoms with van der Waals surface area (Å²) in [6, 6.07) is 14.3. The average Bonchev–Trinajstić information content (AvgIpc) is 2.79. The van der Waals surface area contributed by atoms with Gasteiger partial charge in [0.25, 0.3) is 0 Å². The number of carbonyl (C=O) groups is 1. The molecule has 0 unspecified atom stereocenters. The van der Waals surface area contributed by atoms with Gasteiger partial charge in [0, 0.05) is 18.8 Å². The highest BCUT2D eigenvalue weighted by Gasteiger charge is 2.09. The lowest BCUT2D eigenvalue weighted by atomic mass is 10.0. The molecule has 0 aliphatic heterocycles. The lowest BCUT2D eigenvalue weighted by molar-refractivity contribution is 0.112. The van der Waals surface area contributed by atoms with Crippen molar-refractivity contribution in [1.82, 2.24) is 9.78 Å². The van der Waals surface area contributed by atoms with Crippen LogP contribution in [0.5, 0.6) is 0 Å². The van der Waals surface area contributed by atoms with Gasteiger partial charge in [-0.15, -0.1) is 0 Å². The molecule has 0 radical (unpaired) electrons. The summed E-state index contributed by atoms with van der Waals surface area (Å²) in [7, 11) is 1.82. The van der Waals surface area contributed by atoms with Crippen molar-refractivity contribution in [3.05, 3.63) is 54.2 Å². The van der Waals surface area contributed by atoms with Gasteiger partial charge >= 0.3 is 0 Å². The monoisotopic (exact) mass is 236 g/mol. The van der Waals surface area contributed by atoms with E-state index in [1.807, 2.05) is 31.3 Å². The van der Waals surface area contributed by atoms with Crippen molar-refractivity contribution in [3.63, 3.8) is 0 Å². The highest BCUT2D eigenvalue weighted by molar-refractivity contribution is 5.91. The maximum atomic E-state index is 11.0. The van der Waals surface area contributed by atoms with Gasteiger partial charge in [-0.2, -0.15) is 5.10 Å². The van der Waals surface area contributed by atoms with E-state index in [0.29, 0.717) is 5.56 Å².